The molecule has 135 heavy (non-hydrogen) atoms. The molecule has 30 aromatic rings. The van der Waals surface area contributed by atoms with Crippen LogP contribution in [0.3, 0.4) is 0 Å². The standard InChI is InChI=1S/C48H30N2O.C42H26N2O.C36H22N2O/c1-4-14-31(15-5-1)33-24-34(32-16-6-2-7-17-32)26-36(25-33)50-43-22-12-10-20-37(43)39-27-40-41-29-48-42(38-21-11-13-23-47(38)51-48)28-44(41)49(46(40)30-45(39)50)35-18-8-3-9-19-35;1-3-12-27(13-4-1)28-14-11-17-30(22-28)44-37-20-9-7-18-31(37)33-23-34-35-25-42-36(32-19-8-10-21-41(32)45-42)24-38(35)43(40(34)26-39(33)44)29-15-5-2-6-16-29;1-3-11-23(12-4-1)37-31-17-9-7-15-25(31)27-19-28-29-21-36-30(26-16-8-10-18-35(26)39-36)20-32(29)38(34(28)22-33(27)37)24-13-5-2-6-14-24/h1-30H;1-26H;1-22H. The van der Waals surface area contributed by atoms with Gasteiger partial charge in [-0.3, -0.25) is 0 Å². The molecule has 9 nitrogen and oxygen atoms in total. The van der Waals surface area contributed by atoms with Gasteiger partial charge in [-0.1, -0.05) is 285 Å². The summed E-state index contributed by atoms with van der Waals surface area (Å²) in [5, 5.41) is 21.4. The number of hydrogen-bond acceptors (Lipinski definition) is 3. The number of fused-ring (bicyclic) bond motifs is 27. The molecular weight excluding hydrogens is 1650 g/mol. The molecule has 0 fully saturated rings. The molecule has 0 spiro atoms. The zero-order valence-corrected chi connectivity index (χ0v) is 72.9. The number of benzene rings is 21. The Labute approximate surface area is 772 Å². The number of furan rings is 3. The maximum atomic E-state index is 6.43. The van der Waals surface area contributed by atoms with Crippen molar-refractivity contribution in [2.75, 3.05) is 0 Å². The van der Waals surface area contributed by atoms with Gasteiger partial charge in [0, 0.05) is 131 Å². The first-order valence-corrected chi connectivity index (χ1v) is 46.1. The lowest BCUT2D eigenvalue weighted by molar-refractivity contribution is 0.669. The lowest BCUT2D eigenvalue weighted by Crippen LogP contribution is -1.97. The van der Waals surface area contributed by atoms with E-state index in [2.05, 4.69) is 476 Å². The number of aromatic nitrogens is 6. The van der Waals surface area contributed by atoms with Crippen LogP contribution in [0.5, 0.6) is 0 Å². The Hall–Kier alpha value is -18.2. The molecule has 21 aromatic carbocycles. The number of rotatable bonds is 9. The summed E-state index contributed by atoms with van der Waals surface area (Å²) in [6, 6.07) is 170. The highest BCUT2D eigenvalue weighted by Gasteiger charge is 2.27. The van der Waals surface area contributed by atoms with Crippen molar-refractivity contribution in [2.45, 2.75) is 0 Å². The van der Waals surface area contributed by atoms with Crippen LogP contribution in [0.25, 0.3) is 264 Å². The van der Waals surface area contributed by atoms with E-state index in [-0.39, 0.29) is 0 Å². The zero-order valence-electron chi connectivity index (χ0n) is 72.9. The summed E-state index contributed by atoms with van der Waals surface area (Å²) in [5.41, 5.74) is 33.7. The van der Waals surface area contributed by atoms with E-state index in [0.717, 1.165) is 111 Å². The van der Waals surface area contributed by atoms with Crippen molar-refractivity contribution in [2.24, 2.45) is 0 Å². The predicted octanol–water partition coefficient (Wildman–Crippen LogP) is 34.3. The van der Waals surface area contributed by atoms with Gasteiger partial charge < -0.3 is 40.7 Å². The average molecular weight is 1720 g/mol. The third kappa shape index (κ3) is 12.0. The van der Waals surface area contributed by atoms with Crippen LogP contribution in [0.2, 0.25) is 0 Å². The van der Waals surface area contributed by atoms with E-state index in [4.69, 9.17) is 13.3 Å². The van der Waals surface area contributed by atoms with Crippen LogP contribution in [0.15, 0.2) is 486 Å². The fraction of sp³-hybridized carbons (Fsp3) is 0. The largest absolute Gasteiger partial charge is 0.456 e. The maximum absolute atomic E-state index is 6.43. The first kappa shape index (κ1) is 75.8. The van der Waals surface area contributed by atoms with Gasteiger partial charge in [0.25, 0.3) is 0 Å². The molecule has 0 saturated heterocycles. The van der Waals surface area contributed by atoms with Crippen LogP contribution < -0.4 is 0 Å². The van der Waals surface area contributed by atoms with Crippen molar-refractivity contribution < 1.29 is 13.3 Å². The number of hydrogen-bond donors (Lipinski definition) is 0. The minimum atomic E-state index is 0.907. The normalized spacial score (nSPS) is 12.0. The fourth-order valence-electron chi connectivity index (χ4n) is 21.9. The predicted molar refractivity (Wildman–Crippen MR) is 564 cm³/mol. The molecule has 630 valence electrons. The van der Waals surface area contributed by atoms with Gasteiger partial charge in [-0.05, 0) is 221 Å². The van der Waals surface area contributed by atoms with Gasteiger partial charge in [0.15, 0.2) is 0 Å². The van der Waals surface area contributed by atoms with Gasteiger partial charge in [0.05, 0.1) is 66.2 Å². The molecular formula is C126H78N6O3. The summed E-state index contributed by atoms with van der Waals surface area (Å²) < 4.78 is 33.6. The molecule has 0 amide bonds. The average Bonchev–Trinajstić information content (AvgIpc) is 1.55. The van der Waals surface area contributed by atoms with Crippen LogP contribution in [0, 0.1) is 0 Å². The zero-order chi connectivity index (χ0) is 88.5. The summed E-state index contributed by atoms with van der Waals surface area (Å²) in [7, 11) is 0. The highest BCUT2D eigenvalue weighted by Crippen LogP contribution is 2.49. The molecule has 0 atom stereocenters. The number of nitrogens with zero attached hydrogens (tertiary/aromatic N) is 6. The summed E-state index contributed by atoms with van der Waals surface area (Å²) in [4.78, 5) is 0. The molecule has 0 aliphatic rings. The highest BCUT2D eigenvalue weighted by atomic mass is 16.3. The SMILES string of the molecule is c1ccc(-c2cc(-c3ccccc3)cc(-n3c4ccccc4c4cc5c6cc7oc8ccccc8c7cc6n(-c6ccccc6)c5cc43)c2)cc1.c1ccc(-c2cccc(-n3c4ccccc4c4cc5c6cc7oc8ccccc8c7cc6n(-c6ccccc6)c5cc43)c2)cc1.c1ccc(-n2c3ccccc3c3cc4c5cc6oc7ccccc7c6cc5n(-c5ccccc5)c4cc32)cc1. The third-order valence-electron chi connectivity index (χ3n) is 27.8. The van der Waals surface area contributed by atoms with Gasteiger partial charge in [0.2, 0.25) is 0 Å². The first-order chi connectivity index (χ1) is 66.9. The molecule has 0 unspecified atom stereocenters. The second-order valence-electron chi connectivity index (χ2n) is 35.4. The van der Waals surface area contributed by atoms with Crippen LogP contribution in [0.4, 0.5) is 0 Å². The monoisotopic (exact) mass is 1720 g/mol. The topological polar surface area (TPSA) is 69.0 Å². The Bertz CT molecular complexity index is 9990. The smallest absolute Gasteiger partial charge is 0.136 e. The van der Waals surface area contributed by atoms with E-state index >= 15 is 0 Å². The quantitative estimate of drug-likeness (QED) is 0.145. The molecule has 9 aromatic heterocycles. The Morgan fingerprint density at radius 2 is 0.326 bits per heavy atom. The van der Waals surface area contributed by atoms with E-state index < -0.39 is 0 Å². The van der Waals surface area contributed by atoms with Crippen molar-refractivity contribution in [3.63, 3.8) is 0 Å². The van der Waals surface area contributed by atoms with Gasteiger partial charge >= 0.3 is 0 Å². The second kappa shape index (κ2) is 30.2. The summed E-state index contributed by atoms with van der Waals surface area (Å²) in [6.45, 7) is 0. The van der Waals surface area contributed by atoms with Crippen molar-refractivity contribution in [3.8, 4) is 67.5 Å². The molecule has 0 aliphatic carbocycles. The van der Waals surface area contributed by atoms with E-state index in [1.807, 2.05) is 24.3 Å². The maximum Gasteiger partial charge on any atom is 0.136 e. The van der Waals surface area contributed by atoms with Gasteiger partial charge in [-0.15, -0.1) is 0 Å². The van der Waals surface area contributed by atoms with Crippen LogP contribution in [-0.4, -0.2) is 27.4 Å². The van der Waals surface area contributed by atoms with E-state index in [0.29, 0.717) is 0 Å². The molecule has 0 radical (unpaired) electrons. The minimum Gasteiger partial charge on any atom is -0.456 e. The van der Waals surface area contributed by atoms with Gasteiger partial charge in [-0.2, -0.15) is 0 Å². The summed E-state index contributed by atoms with van der Waals surface area (Å²) in [5.74, 6) is 0. The van der Waals surface area contributed by atoms with Crippen molar-refractivity contribution in [1.82, 2.24) is 27.4 Å². The Morgan fingerprint density at radius 3 is 0.659 bits per heavy atom. The molecule has 9 heterocycles. The van der Waals surface area contributed by atoms with E-state index in [1.165, 1.54) is 153 Å². The molecule has 0 N–H and O–H groups in total. The molecule has 0 bridgehead atoms. The second-order valence-corrected chi connectivity index (χ2v) is 35.4. The molecule has 9 heteroatoms. The Kier molecular flexibility index (Phi) is 17.0. The van der Waals surface area contributed by atoms with E-state index in [1.54, 1.807) is 0 Å². The first-order valence-electron chi connectivity index (χ1n) is 46.1. The minimum absolute atomic E-state index is 0.907. The lowest BCUT2D eigenvalue weighted by atomic mass is 9.98. The highest BCUT2D eigenvalue weighted by molar-refractivity contribution is 6.26. The van der Waals surface area contributed by atoms with Gasteiger partial charge in [-0.25, -0.2) is 0 Å². The molecule has 30 rings (SSSR count). The fourth-order valence-corrected chi connectivity index (χ4v) is 21.9. The summed E-state index contributed by atoms with van der Waals surface area (Å²) >= 11 is 0. The lowest BCUT2D eigenvalue weighted by Gasteiger charge is -2.14. The van der Waals surface area contributed by atoms with Crippen LogP contribution in [-0.2, 0) is 0 Å². The Morgan fingerprint density at radius 1 is 0.104 bits per heavy atom. The molecule has 0 aliphatic heterocycles. The third-order valence-corrected chi connectivity index (χ3v) is 27.8. The van der Waals surface area contributed by atoms with Crippen LogP contribution >= 0.6 is 0 Å². The van der Waals surface area contributed by atoms with Crippen molar-refractivity contribution in [3.05, 3.63) is 473 Å². The number of para-hydroxylation sites is 10. The van der Waals surface area contributed by atoms with Crippen molar-refractivity contribution in [1.29, 1.82) is 0 Å². The Balaban J connectivity index is 0.000000101. The van der Waals surface area contributed by atoms with Gasteiger partial charge in [0.1, 0.15) is 33.5 Å². The van der Waals surface area contributed by atoms with Crippen molar-refractivity contribution >= 4 is 197 Å². The molecule has 0 saturated carbocycles. The summed E-state index contributed by atoms with van der Waals surface area (Å²) in [6.07, 6.45) is 0. The van der Waals surface area contributed by atoms with E-state index in [9.17, 15) is 0 Å². The van der Waals surface area contributed by atoms with Crippen LogP contribution in [0.1, 0.15) is 0 Å².